The van der Waals surface area contributed by atoms with Gasteiger partial charge in [-0.1, -0.05) is 20.8 Å². The first-order chi connectivity index (χ1) is 8.48. The third-order valence-corrected chi connectivity index (χ3v) is 4.16. The minimum atomic E-state index is 0.217. The van der Waals surface area contributed by atoms with Crippen LogP contribution in [-0.2, 0) is 4.74 Å². The third-order valence-electron chi connectivity index (χ3n) is 4.16. The van der Waals surface area contributed by atoms with Crippen LogP contribution in [0.3, 0.4) is 0 Å². The predicted molar refractivity (Wildman–Crippen MR) is 78.0 cm³/mol. The number of rotatable bonds is 7. The summed E-state index contributed by atoms with van der Waals surface area (Å²) in [5.74, 6) is 0.784. The van der Waals surface area contributed by atoms with Crippen LogP contribution < -0.4 is 5.32 Å². The van der Waals surface area contributed by atoms with Crippen molar-refractivity contribution in [3.05, 3.63) is 0 Å². The smallest absolute Gasteiger partial charge is 0.0594 e. The Kier molecular flexibility index (Phi) is 6.61. The topological polar surface area (TPSA) is 24.5 Å². The number of nitrogens with one attached hydrogen (secondary N) is 1. The highest BCUT2D eigenvalue weighted by Gasteiger charge is 2.35. The first-order valence-electron chi connectivity index (χ1n) is 7.54. The molecule has 1 atom stereocenters. The number of morpholine rings is 1. The Labute approximate surface area is 113 Å². The predicted octanol–water partition coefficient (Wildman–Crippen LogP) is 2.51. The van der Waals surface area contributed by atoms with Gasteiger partial charge in [-0.2, -0.15) is 0 Å². The summed E-state index contributed by atoms with van der Waals surface area (Å²) < 4.78 is 5.47. The summed E-state index contributed by atoms with van der Waals surface area (Å²) >= 11 is 0. The molecule has 0 saturated carbocycles. The van der Waals surface area contributed by atoms with Crippen molar-refractivity contribution >= 4 is 0 Å². The first-order valence-corrected chi connectivity index (χ1v) is 7.54. The van der Waals surface area contributed by atoms with Gasteiger partial charge in [0.15, 0.2) is 0 Å². The van der Waals surface area contributed by atoms with Crippen LogP contribution in [0, 0.1) is 5.92 Å². The van der Waals surface area contributed by atoms with Gasteiger partial charge in [-0.3, -0.25) is 4.90 Å². The fourth-order valence-corrected chi connectivity index (χ4v) is 2.81. The zero-order valence-corrected chi connectivity index (χ0v) is 13.0. The lowest BCUT2D eigenvalue weighted by Crippen LogP contribution is -2.60. The van der Waals surface area contributed by atoms with E-state index >= 15 is 0 Å². The van der Waals surface area contributed by atoms with Gasteiger partial charge in [0.25, 0.3) is 0 Å². The van der Waals surface area contributed by atoms with Gasteiger partial charge < -0.3 is 10.1 Å². The lowest BCUT2D eigenvalue weighted by atomic mass is 9.86. The maximum atomic E-state index is 5.47. The minimum Gasteiger partial charge on any atom is -0.379 e. The molecule has 1 saturated heterocycles. The molecule has 0 bridgehead atoms. The molecular formula is C15H32N2O. The molecule has 18 heavy (non-hydrogen) atoms. The van der Waals surface area contributed by atoms with Gasteiger partial charge in [-0.25, -0.2) is 0 Å². The molecule has 0 aromatic heterocycles. The van der Waals surface area contributed by atoms with E-state index in [2.05, 4.69) is 44.8 Å². The molecule has 1 N–H and O–H groups in total. The maximum absolute atomic E-state index is 5.47. The molecule has 1 rings (SSSR count). The number of hydrogen-bond donors (Lipinski definition) is 1. The van der Waals surface area contributed by atoms with Crippen LogP contribution in [0.1, 0.15) is 47.5 Å². The molecule has 1 aliphatic rings. The molecular weight excluding hydrogens is 224 g/mol. The molecule has 0 aliphatic carbocycles. The largest absolute Gasteiger partial charge is 0.379 e. The Hall–Kier alpha value is -0.120. The molecule has 0 amide bonds. The van der Waals surface area contributed by atoms with Crippen LogP contribution in [0.15, 0.2) is 0 Å². The summed E-state index contributed by atoms with van der Waals surface area (Å²) in [4.78, 5) is 2.59. The van der Waals surface area contributed by atoms with Crippen molar-refractivity contribution in [1.29, 1.82) is 0 Å². The van der Waals surface area contributed by atoms with Crippen LogP contribution >= 0.6 is 0 Å². The third kappa shape index (κ3) is 4.52. The van der Waals surface area contributed by atoms with Crippen molar-refractivity contribution in [2.24, 2.45) is 5.92 Å². The summed E-state index contributed by atoms with van der Waals surface area (Å²) in [6.07, 6.45) is 2.56. The molecule has 3 heteroatoms. The molecule has 0 aromatic carbocycles. The lowest BCUT2D eigenvalue weighted by Gasteiger charge is -2.46. The monoisotopic (exact) mass is 256 g/mol. The van der Waals surface area contributed by atoms with E-state index in [1.807, 2.05) is 0 Å². The van der Waals surface area contributed by atoms with Gasteiger partial charge >= 0.3 is 0 Å². The lowest BCUT2D eigenvalue weighted by molar-refractivity contribution is -0.0247. The normalized spacial score (nSPS) is 20.3. The summed E-state index contributed by atoms with van der Waals surface area (Å²) in [6, 6.07) is 0.572. The van der Waals surface area contributed by atoms with E-state index < -0.39 is 0 Å². The highest BCUT2D eigenvalue weighted by molar-refractivity contribution is 4.94. The molecule has 0 radical (unpaired) electrons. The molecule has 1 fully saturated rings. The van der Waals surface area contributed by atoms with E-state index in [1.165, 1.54) is 12.8 Å². The van der Waals surface area contributed by atoms with Crippen LogP contribution in [0.2, 0.25) is 0 Å². The fourth-order valence-electron chi connectivity index (χ4n) is 2.81. The summed E-state index contributed by atoms with van der Waals surface area (Å²) in [5.41, 5.74) is 0.217. The first kappa shape index (κ1) is 15.9. The fraction of sp³-hybridized carbons (Fsp3) is 1.00. The Balaban J connectivity index is 2.61. The van der Waals surface area contributed by atoms with Crippen molar-refractivity contribution in [3.8, 4) is 0 Å². The van der Waals surface area contributed by atoms with Gasteiger partial charge in [0.1, 0.15) is 0 Å². The molecule has 3 nitrogen and oxygen atoms in total. The molecule has 108 valence electrons. The Bertz CT molecular complexity index is 223. The average molecular weight is 256 g/mol. The molecule has 1 unspecified atom stereocenters. The van der Waals surface area contributed by atoms with Gasteiger partial charge in [-0.15, -0.1) is 0 Å². The Morgan fingerprint density at radius 1 is 1.17 bits per heavy atom. The van der Waals surface area contributed by atoms with Crippen LogP contribution in [0.5, 0.6) is 0 Å². The van der Waals surface area contributed by atoms with Crippen molar-refractivity contribution in [3.63, 3.8) is 0 Å². The average Bonchev–Trinajstić information content (AvgIpc) is 2.35. The van der Waals surface area contributed by atoms with E-state index in [4.69, 9.17) is 4.74 Å². The van der Waals surface area contributed by atoms with E-state index in [-0.39, 0.29) is 5.54 Å². The Morgan fingerprint density at radius 2 is 1.78 bits per heavy atom. The van der Waals surface area contributed by atoms with Gasteiger partial charge in [0.2, 0.25) is 0 Å². The van der Waals surface area contributed by atoms with Crippen LogP contribution in [-0.4, -0.2) is 49.3 Å². The minimum absolute atomic E-state index is 0.217. The summed E-state index contributed by atoms with van der Waals surface area (Å²) in [7, 11) is 0. The highest BCUT2D eigenvalue weighted by atomic mass is 16.5. The second-order valence-corrected chi connectivity index (χ2v) is 6.33. The zero-order valence-electron chi connectivity index (χ0n) is 13.0. The van der Waals surface area contributed by atoms with Gasteiger partial charge in [0, 0.05) is 24.7 Å². The standard InChI is InChI=1S/C15H32N2O/c1-6-16-14(8-7-13(2)3)15(4,5)17-9-11-18-12-10-17/h13-14,16H,6-12H2,1-5H3. The van der Waals surface area contributed by atoms with E-state index in [0.29, 0.717) is 6.04 Å². The number of ether oxygens (including phenoxy) is 1. The zero-order chi connectivity index (χ0) is 13.6. The van der Waals surface area contributed by atoms with Crippen LogP contribution in [0.4, 0.5) is 0 Å². The molecule has 1 aliphatic heterocycles. The maximum Gasteiger partial charge on any atom is 0.0594 e. The second-order valence-electron chi connectivity index (χ2n) is 6.33. The van der Waals surface area contributed by atoms with Gasteiger partial charge in [0.05, 0.1) is 13.2 Å². The molecule has 1 heterocycles. The van der Waals surface area contributed by atoms with Crippen molar-refractivity contribution in [2.45, 2.75) is 59.0 Å². The van der Waals surface area contributed by atoms with E-state index in [0.717, 1.165) is 38.8 Å². The van der Waals surface area contributed by atoms with Crippen molar-refractivity contribution < 1.29 is 4.74 Å². The molecule has 0 aromatic rings. The summed E-state index contributed by atoms with van der Waals surface area (Å²) in [5, 5.41) is 3.69. The van der Waals surface area contributed by atoms with Crippen LogP contribution in [0.25, 0.3) is 0 Å². The number of nitrogens with zero attached hydrogens (tertiary/aromatic N) is 1. The van der Waals surface area contributed by atoms with E-state index in [1.54, 1.807) is 0 Å². The van der Waals surface area contributed by atoms with Crippen molar-refractivity contribution in [1.82, 2.24) is 10.2 Å². The summed E-state index contributed by atoms with van der Waals surface area (Å²) in [6.45, 7) is 16.5. The van der Waals surface area contributed by atoms with E-state index in [9.17, 15) is 0 Å². The highest BCUT2D eigenvalue weighted by Crippen LogP contribution is 2.24. The number of likely N-dealkylation sites (N-methyl/N-ethyl adjacent to an activating group) is 1. The second kappa shape index (κ2) is 7.46. The molecule has 0 spiro atoms. The number of hydrogen-bond acceptors (Lipinski definition) is 3. The Morgan fingerprint density at radius 3 is 2.28 bits per heavy atom. The quantitative estimate of drug-likeness (QED) is 0.757. The van der Waals surface area contributed by atoms with Gasteiger partial charge in [-0.05, 0) is 39.2 Å². The van der Waals surface area contributed by atoms with Crippen molar-refractivity contribution in [2.75, 3.05) is 32.8 Å². The SMILES string of the molecule is CCNC(CCC(C)C)C(C)(C)N1CCOCC1.